The van der Waals surface area contributed by atoms with Gasteiger partial charge in [0.2, 0.25) is 0 Å². The number of hydrogen-bond donors (Lipinski definition) is 1. The molecule has 0 bridgehead atoms. The van der Waals surface area contributed by atoms with Crippen LogP contribution in [0.1, 0.15) is 11.3 Å². The largest absolute Gasteiger partial charge is 0.497 e. The third kappa shape index (κ3) is 3.81. The fourth-order valence-electron chi connectivity index (χ4n) is 2.44. The first-order valence-electron chi connectivity index (χ1n) is 7.61. The summed E-state index contributed by atoms with van der Waals surface area (Å²) in [5.74, 6) is 1.62. The molecule has 24 heavy (non-hydrogen) atoms. The van der Waals surface area contributed by atoms with Gasteiger partial charge in [-0.3, -0.25) is 9.97 Å². The summed E-state index contributed by atoms with van der Waals surface area (Å²) in [5, 5.41) is 3.44. The molecule has 2 aromatic carbocycles. The van der Waals surface area contributed by atoms with Gasteiger partial charge < -0.3 is 14.8 Å². The number of nitrogens with one attached hydrogen (secondary N) is 1. The lowest BCUT2D eigenvalue weighted by atomic mass is 10.1. The van der Waals surface area contributed by atoms with Gasteiger partial charge >= 0.3 is 0 Å². The van der Waals surface area contributed by atoms with Gasteiger partial charge in [-0.1, -0.05) is 6.07 Å². The highest BCUT2D eigenvalue weighted by atomic mass is 16.5. The van der Waals surface area contributed by atoms with Crippen molar-refractivity contribution in [2.24, 2.45) is 0 Å². The Kier molecular flexibility index (Phi) is 4.91. The van der Waals surface area contributed by atoms with Crippen LogP contribution in [-0.4, -0.2) is 24.2 Å². The lowest BCUT2D eigenvalue weighted by Crippen LogP contribution is -2.00. The van der Waals surface area contributed by atoms with Gasteiger partial charge in [0.1, 0.15) is 11.5 Å². The van der Waals surface area contributed by atoms with Gasteiger partial charge in [-0.2, -0.15) is 0 Å². The molecule has 0 fully saturated rings. The molecule has 0 radical (unpaired) electrons. The summed E-state index contributed by atoms with van der Waals surface area (Å²) in [6.45, 7) is 0. The molecule has 0 saturated heterocycles. The smallest absolute Gasteiger partial charge is 0.120 e. The number of methoxy groups -OCH3 is 2. The van der Waals surface area contributed by atoms with Gasteiger partial charge in [-0.15, -0.1) is 0 Å². The first-order chi connectivity index (χ1) is 11.8. The lowest BCUT2D eigenvalue weighted by Gasteiger charge is -2.14. The number of ether oxygens (including phenoxy) is 2. The van der Waals surface area contributed by atoms with Crippen LogP contribution >= 0.6 is 0 Å². The molecule has 5 heteroatoms. The van der Waals surface area contributed by atoms with E-state index in [-0.39, 0.29) is 0 Å². The first-order valence-corrected chi connectivity index (χ1v) is 7.61. The lowest BCUT2D eigenvalue weighted by molar-refractivity contribution is 0.414. The number of aromatic nitrogens is 2. The maximum Gasteiger partial charge on any atom is 0.120 e. The van der Waals surface area contributed by atoms with Crippen LogP contribution < -0.4 is 14.8 Å². The molecule has 1 aromatic heterocycles. The average Bonchev–Trinajstić information content (AvgIpc) is 2.64. The Morgan fingerprint density at radius 2 is 1.79 bits per heavy atom. The molecule has 0 atom stereocenters. The van der Waals surface area contributed by atoms with Crippen LogP contribution in [0.25, 0.3) is 0 Å². The van der Waals surface area contributed by atoms with E-state index in [9.17, 15) is 0 Å². The third-order valence-corrected chi connectivity index (χ3v) is 3.65. The van der Waals surface area contributed by atoms with Crippen molar-refractivity contribution in [2.45, 2.75) is 6.42 Å². The predicted molar refractivity (Wildman–Crippen MR) is 94.1 cm³/mol. The van der Waals surface area contributed by atoms with Crippen molar-refractivity contribution in [1.82, 2.24) is 9.97 Å². The van der Waals surface area contributed by atoms with Crippen molar-refractivity contribution < 1.29 is 9.47 Å². The number of nitrogens with zero attached hydrogens (tertiary/aromatic N) is 2. The summed E-state index contributed by atoms with van der Waals surface area (Å²) in [6.07, 6.45) is 5.81. The SMILES string of the molecule is COc1cccc(Nc2ccc(OC)cc2Cc2cnccn2)c1. The molecule has 0 amide bonds. The molecule has 0 aliphatic heterocycles. The van der Waals surface area contributed by atoms with E-state index < -0.39 is 0 Å². The highest BCUT2D eigenvalue weighted by Crippen LogP contribution is 2.28. The molecule has 0 aliphatic carbocycles. The molecule has 0 spiro atoms. The van der Waals surface area contributed by atoms with E-state index in [2.05, 4.69) is 15.3 Å². The van der Waals surface area contributed by atoms with Gasteiger partial charge in [0.25, 0.3) is 0 Å². The quantitative estimate of drug-likeness (QED) is 0.748. The van der Waals surface area contributed by atoms with Crippen LogP contribution in [-0.2, 0) is 6.42 Å². The molecule has 3 rings (SSSR count). The summed E-state index contributed by atoms with van der Waals surface area (Å²) in [6, 6.07) is 13.8. The standard InChI is InChI=1S/C19H19N3O2/c1-23-17-5-3-4-15(12-17)22-19-7-6-18(24-2)11-14(19)10-16-13-20-8-9-21-16/h3-9,11-13,22H,10H2,1-2H3. The van der Waals surface area contributed by atoms with Crippen LogP contribution in [0.2, 0.25) is 0 Å². The molecular formula is C19H19N3O2. The van der Waals surface area contributed by atoms with Crippen LogP contribution in [0.3, 0.4) is 0 Å². The Morgan fingerprint density at radius 3 is 2.54 bits per heavy atom. The Labute approximate surface area is 141 Å². The van der Waals surface area contributed by atoms with E-state index in [1.165, 1.54) is 0 Å². The van der Waals surface area contributed by atoms with Crippen molar-refractivity contribution in [3.05, 3.63) is 72.3 Å². The number of rotatable bonds is 6. The van der Waals surface area contributed by atoms with Crippen molar-refractivity contribution >= 4 is 11.4 Å². The second-order valence-corrected chi connectivity index (χ2v) is 5.25. The van der Waals surface area contributed by atoms with Gasteiger partial charge in [-0.05, 0) is 35.9 Å². The number of hydrogen-bond acceptors (Lipinski definition) is 5. The molecule has 1 N–H and O–H groups in total. The molecule has 0 saturated carbocycles. The highest BCUT2D eigenvalue weighted by molar-refractivity contribution is 5.66. The summed E-state index contributed by atoms with van der Waals surface area (Å²) in [4.78, 5) is 8.48. The Hall–Kier alpha value is -3.08. The van der Waals surface area contributed by atoms with Crippen LogP contribution in [0, 0.1) is 0 Å². The predicted octanol–water partition coefficient (Wildman–Crippen LogP) is 3.83. The van der Waals surface area contributed by atoms with Crippen molar-refractivity contribution in [2.75, 3.05) is 19.5 Å². The fourth-order valence-corrected chi connectivity index (χ4v) is 2.44. The molecule has 122 valence electrons. The first kappa shape index (κ1) is 15.8. The molecule has 1 heterocycles. The Morgan fingerprint density at radius 1 is 0.958 bits per heavy atom. The highest BCUT2D eigenvalue weighted by Gasteiger charge is 2.08. The zero-order chi connectivity index (χ0) is 16.8. The summed E-state index contributed by atoms with van der Waals surface area (Å²) < 4.78 is 10.6. The van der Waals surface area contributed by atoms with E-state index in [1.54, 1.807) is 32.8 Å². The molecular weight excluding hydrogens is 302 g/mol. The van der Waals surface area contributed by atoms with Crippen LogP contribution in [0.15, 0.2) is 61.1 Å². The van der Waals surface area contributed by atoms with E-state index >= 15 is 0 Å². The Bertz CT molecular complexity index is 807. The van der Waals surface area contributed by atoms with E-state index in [0.29, 0.717) is 6.42 Å². The van der Waals surface area contributed by atoms with E-state index in [4.69, 9.17) is 9.47 Å². The normalized spacial score (nSPS) is 10.2. The minimum Gasteiger partial charge on any atom is -0.497 e. The molecule has 0 unspecified atom stereocenters. The number of anilines is 2. The second-order valence-electron chi connectivity index (χ2n) is 5.25. The average molecular weight is 321 g/mol. The second kappa shape index (κ2) is 7.46. The minimum atomic E-state index is 0.664. The zero-order valence-corrected chi connectivity index (χ0v) is 13.7. The van der Waals surface area contributed by atoms with Crippen molar-refractivity contribution in [3.63, 3.8) is 0 Å². The van der Waals surface area contributed by atoms with Gasteiger partial charge in [-0.25, -0.2) is 0 Å². The molecule has 5 nitrogen and oxygen atoms in total. The summed E-state index contributed by atoms with van der Waals surface area (Å²) in [5.41, 5.74) is 3.94. The topological polar surface area (TPSA) is 56.3 Å². The summed E-state index contributed by atoms with van der Waals surface area (Å²) in [7, 11) is 3.32. The van der Waals surface area contributed by atoms with Gasteiger partial charge in [0, 0.05) is 42.5 Å². The third-order valence-electron chi connectivity index (χ3n) is 3.65. The monoisotopic (exact) mass is 321 g/mol. The minimum absolute atomic E-state index is 0.664. The maximum absolute atomic E-state index is 5.35. The molecule has 3 aromatic rings. The maximum atomic E-state index is 5.35. The fraction of sp³-hybridized carbons (Fsp3) is 0.158. The molecule has 0 aliphatic rings. The Balaban J connectivity index is 1.91. The van der Waals surface area contributed by atoms with Crippen molar-refractivity contribution in [1.29, 1.82) is 0 Å². The summed E-state index contributed by atoms with van der Waals surface area (Å²) >= 11 is 0. The van der Waals surface area contributed by atoms with E-state index in [0.717, 1.165) is 34.1 Å². The van der Waals surface area contributed by atoms with E-state index in [1.807, 2.05) is 42.5 Å². The van der Waals surface area contributed by atoms with Crippen molar-refractivity contribution in [3.8, 4) is 11.5 Å². The van der Waals surface area contributed by atoms with Gasteiger partial charge in [0.15, 0.2) is 0 Å². The van der Waals surface area contributed by atoms with Crippen LogP contribution in [0.4, 0.5) is 11.4 Å². The van der Waals surface area contributed by atoms with Crippen LogP contribution in [0.5, 0.6) is 11.5 Å². The zero-order valence-electron chi connectivity index (χ0n) is 13.7. The van der Waals surface area contributed by atoms with Gasteiger partial charge in [0.05, 0.1) is 19.9 Å². The number of benzene rings is 2.